The van der Waals surface area contributed by atoms with Gasteiger partial charge in [-0.25, -0.2) is 0 Å². The van der Waals surface area contributed by atoms with Crippen LogP contribution in [0.4, 0.5) is 5.69 Å². The number of carbonyl (C=O) groups is 2. The third-order valence-corrected chi connectivity index (χ3v) is 7.07. The molecule has 4 aliphatic carbocycles. The molecule has 7 heteroatoms. The van der Waals surface area contributed by atoms with E-state index < -0.39 is 5.41 Å². The highest BCUT2D eigenvalue weighted by molar-refractivity contribution is 6.24. The van der Waals surface area contributed by atoms with Crippen molar-refractivity contribution in [2.24, 2.45) is 17.3 Å². The van der Waals surface area contributed by atoms with Gasteiger partial charge < -0.3 is 20.1 Å². The van der Waals surface area contributed by atoms with Gasteiger partial charge in [-0.05, 0) is 69.4 Å². The standard InChI is InChI=1S/C22H29ClN2O4/c1-3-29-17-5-4-16(7-18(17)28-2)25-19(26)12-24-20(27)21-8-14-6-15(9-21)11-22(23,10-14)13-21/h4-5,7,14-15H,3,6,8-13H2,1-2H3,(H,24,27)(H,25,26)/t14-,15+,21?,22?. The third kappa shape index (κ3) is 4.04. The number of nitrogens with one attached hydrogen (secondary N) is 2. The quantitative estimate of drug-likeness (QED) is 0.659. The van der Waals surface area contributed by atoms with Gasteiger partial charge in [-0.1, -0.05) is 0 Å². The minimum Gasteiger partial charge on any atom is -0.493 e. The lowest BCUT2D eigenvalue weighted by Gasteiger charge is -2.59. The summed E-state index contributed by atoms with van der Waals surface area (Å²) in [6, 6.07) is 5.22. The van der Waals surface area contributed by atoms with E-state index in [1.807, 2.05) is 6.92 Å². The first-order chi connectivity index (χ1) is 13.8. The van der Waals surface area contributed by atoms with Crippen LogP contribution in [0.5, 0.6) is 11.5 Å². The minimum absolute atomic E-state index is 0.0175. The molecule has 0 spiro atoms. The van der Waals surface area contributed by atoms with Crippen LogP contribution in [-0.2, 0) is 9.59 Å². The van der Waals surface area contributed by atoms with E-state index in [1.54, 1.807) is 25.3 Å². The highest BCUT2D eigenvalue weighted by Crippen LogP contribution is 2.63. The van der Waals surface area contributed by atoms with Crippen LogP contribution in [0.15, 0.2) is 18.2 Å². The smallest absolute Gasteiger partial charge is 0.243 e. The van der Waals surface area contributed by atoms with E-state index in [9.17, 15) is 9.59 Å². The molecule has 2 amide bonds. The molecular weight excluding hydrogens is 392 g/mol. The number of rotatable bonds is 7. The van der Waals surface area contributed by atoms with E-state index >= 15 is 0 Å². The average Bonchev–Trinajstić information content (AvgIpc) is 2.65. The van der Waals surface area contributed by atoms with Gasteiger partial charge in [0.2, 0.25) is 11.8 Å². The first-order valence-electron chi connectivity index (χ1n) is 10.4. The first-order valence-corrected chi connectivity index (χ1v) is 10.8. The summed E-state index contributed by atoms with van der Waals surface area (Å²) in [5, 5.41) is 5.68. The maximum atomic E-state index is 13.0. The number of alkyl halides is 1. The normalized spacial score (nSPS) is 32.0. The maximum Gasteiger partial charge on any atom is 0.243 e. The Bertz CT molecular complexity index is 798. The van der Waals surface area contributed by atoms with Crippen LogP contribution in [-0.4, -0.2) is 36.9 Å². The van der Waals surface area contributed by atoms with Gasteiger partial charge in [-0.2, -0.15) is 0 Å². The topological polar surface area (TPSA) is 76.7 Å². The van der Waals surface area contributed by atoms with Crippen molar-refractivity contribution in [2.75, 3.05) is 25.6 Å². The molecular formula is C22H29ClN2O4. The van der Waals surface area contributed by atoms with Crippen molar-refractivity contribution in [3.63, 3.8) is 0 Å². The summed E-state index contributed by atoms with van der Waals surface area (Å²) in [5.74, 6) is 1.98. The largest absolute Gasteiger partial charge is 0.493 e. The molecule has 158 valence electrons. The fourth-order valence-corrected chi connectivity index (χ4v) is 6.68. The molecule has 0 aromatic heterocycles. The first kappa shape index (κ1) is 20.3. The van der Waals surface area contributed by atoms with Crippen molar-refractivity contribution in [3.05, 3.63) is 18.2 Å². The Hall–Kier alpha value is -1.95. The third-order valence-electron chi connectivity index (χ3n) is 6.63. The molecule has 0 aliphatic heterocycles. The summed E-state index contributed by atoms with van der Waals surface area (Å²) >= 11 is 6.82. The molecule has 0 radical (unpaired) electrons. The molecule has 2 N–H and O–H groups in total. The van der Waals surface area contributed by atoms with Crippen LogP contribution in [0, 0.1) is 17.3 Å². The van der Waals surface area contributed by atoms with E-state index in [2.05, 4.69) is 10.6 Å². The van der Waals surface area contributed by atoms with Crippen LogP contribution < -0.4 is 20.1 Å². The zero-order valence-electron chi connectivity index (χ0n) is 17.1. The molecule has 2 unspecified atom stereocenters. The molecule has 1 aromatic rings. The Morgan fingerprint density at radius 3 is 2.52 bits per heavy atom. The molecule has 4 aliphatic rings. The van der Waals surface area contributed by atoms with Crippen LogP contribution in [0.25, 0.3) is 0 Å². The number of amides is 2. The number of benzene rings is 1. The van der Waals surface area contributed by atoms with Gasteiger partial charge in [0.05, 0.1) is 25.7 Å². The summed E-state index contributed by atoms with van der Waals surface area (Å²) < 4.78 is 10.8. The van der Waals surface area contributed by atoms with Crippen LogP contribution in [0.2, 0.25) is 0 Å². The summed E-state index contributed by atoms with van der Waals surface area (Å²) in [7, 11) is 1.55. The molecule has 4 bridgehead atoms. The van der Waals surface area contributed by atoms with Gasteiger partial charge in [0.25, 0.3) is 0 Å². The molecule has 1 aromatic carbocycles. The molecule has 4 saturated carbocycles. The second-order valence-corrected chi connectivity index (χ2v) is 9.72. The molecule has 0 heterocycles. The van der Waals surface area contributed by atoms with Gasteiger partial charge in [0.15, 0.2) is 11.5 Å². The summed E-state index contributed by atoms with van der Waals surface area (Å²) in [4.78, 5) is 25.2. The number of hydrogen-bond donors (Lipinski definition) is 2. The number of halogens is 1. The number of hydrogen-bond acceptors (Lipinski definition) is 4. The summed E-state index contributed by atoms with van der Waals surface area (Å²) in [6.07, 6.45) is 5.80. The fraction of sp³-hybridized carbons (Fsp3) is 0.636. The van der Waals surface area contributed by atoms with Crippen molar-refractivity contribution in [2.45, 2.75) is 50.3 Å². The Balaban J connectivity index is 1.35. The van der Waals surface area contributed by atoms with Crippen molar-refractivity contribution in [1.82, 2.24) is 5.32 Å². The fourth-order valence-electron chi connectivity index (χ4n) is 5.99. The van der Waals surface area contributed by atoms with Gasteiger partial charge >= 0.3 is 0 Å². The Morgan fingerprint density at radius 1 is 1.17 bits per heavy atom. The van der Waals surface area contributed by atoms with Gasteiger partial charge in [0, 0.05) is 16.6 Å². The Labute approximate surface area is 176 Å². The van der Waals surface area contributed by atoms with Crippen molar-refractivity contribution < 1.29 is 19.1 Å². The highest BCUT2D eigenvalue weighted by atomic mass is 35.5. The van der Waals surface area contributed by atoms with Gasteiger partial charge in [0.1, 0.15) is 0 Å². The minimum atomic E-state index is -0.394. The molecule has 5 rings (SSSR count). The molecule has 4 fully saturated rings. The van der Waals surface area contributed by atoms with Crippen molar-refractivity contribution in [1.29, 1.82) is 0 Å². The summed E-state index contributed by atoms with van der Waals surface area (Å²) in [6.45, 7) is 2.37. The van der Waals surface area contributed by atoms with Crippen LogP contribution >= 0.6 is 11.6 Å². The predicted octanol–water partition coefficient (Wildman–Crippen LogP) is 3.73. The second-order valence-electron chi connectivity index (χ2n) is 8.92. The van der Waals surface area contributed by atoms with Gasteiger partial charge in [-0.3, -0.25) is 9.59 Å². The number of ether oxygens (including phenoxy) is 2. The van der Waals surface area contributed by atoms with Crippen molar-refractivity contribution >= 4 is 29.1 Å². The molecule has 6 nitrogen and oxygen atoms in total. The number of carbonyl (C=O) groups excluding carboxylic acids is 2. The van der Waals surface area contributed by atoms with Crippen molar-refractivity contribution in [3.8, 4) is 11.5 Å². The predicted molar refractivity (Wildman–Crippen MR) is 112 cm³/mol. The van der Waals surface area contributed by atoms with E-state index in [0.29, 0.717) is 35.6 Å². The second kappa shape index (κ2) is 7.71. The SMILES string of the molecule is CCOc1ccc(NC(=O)CNC(=O)C23C[C@@H]4C[C@@H](CC(Cl)(C4)C2)C3)cc1OC. The molecule has 0 saturated heterocycles. The lowest BCUT2D eigenvalue weighted by molar-refractivity contribution is -0.145. The molecule has 4 atom stereocenters. The maximum absolute atomic E-state index is 13.0. The number of anilines is 1. The Morgan fingerprint density at radius 2 is 1.90 bits per heavy atom. The highest BCUT2D eigenvalue weighted by Gasteiger charge is 2.60. The van der Waals surface area contributed by atoms with E-state index in [4.69, 9.17) is 21.1 Å². The Kier molecular flexibility index (Phi) is 5.40. The monoisotopic (exact) mass is 420 g/mol. The molecule has 29 heavy (non-hydrogen) atoms. The summed E-state index contributed by atoms with van der Waals surface area (Å²) in [5.41, 5.74) is 0.202. The van der Waals surface area contributed by atoms with E-state index in [0.717, 1.165) is 32.1 Å². The zero-order valence-corrected chi connectivity index (χ0v) is 17.8. The average molecular weight is 421 g/mol. The lowest BCUT2D eigenvalue weighted by atomic mass is 9.49. The van der Waals surface area contributed by atoms with E-state index in [1.165, 1.54) is 6.42 Å². The van der Waals surface area contributed by atoms with Gasteiger partial charge in [-0.15, -0.1) is 11.6 Å². The lowest BCUT2D eigenvalue weighted by Crippen LogP contribution is -2.58. The van der Waals surface area contributed by atoms with Crippen LogP contribution in [0.1, 0.15) is 45.4 Å². The van der Waals surface area contributed by atoms with Crippen LogP contribution in [0.3, 0.4) is 0 Å². The van der Waals surface area contributed by atoms with E-state index in [-0.39, 0.29) is 23.2 Å². The number of methoxy groups -OCH3 is 1. The zero-order chi connectivity index (χ0) is 20.6.